The van der Waals surface area contributed by atoms with Crippen LogP contribution in [-0.4, -0.2) is 23.8 Å². The summed E-state index contributed by atoms with van der Waals surface area (Å²) in [5.41, 5.74) is 0.575. The van der Waals surface area contributed by atoms with E-state index in [0.717, 1.165) is 4.47 Å². The summed E-state index contributed by atoms with van der Waals surface area (Å²) < 4.78 is 14.0. The van der Waals surface area contributed by atoms with Crippen molar-refractivity contribution in [3.05, 3.63) is 34.1 Å². The van der Waals surface area contributed by atoms with Crippen molar-refractivity contribution in [3.8, 4) is 0 Å². The Bertz CT molecular complexity index is 293. The highest BCUT2D eigenvalue weighted by atomic mass is 79.9. The van der Waals surface area contributed by atoms with Crippen molar-refractivity contribution in [1.82, 2.24) is 4.90 Å². The van der Waals surface area contributed by atoms with Crippen LogP contribution in [0.2, 0.25) is 0 Å². The molecule has 0 atom stereocenters. The summed E-state index contributed by atoms with van der Waals surface area (Å²) >= 11 is 3.26. The van der Waals surface area contributed by atoms with Crippen LogP contribution in [0.1, 0.15) is 5.56 Å². The summed E-state index contributed by atoms with van der Waals surface area (Å²) in [5, 5.41) is 8.75. The molecular weight excluding hydrogens is 237 g/mol. The van der Waals surface area contributed by atoms with E-state index < -0.39 is 0 Å². The van der Waals surface area contributed by atoms with Crippen LogP contribution >= 0.6 is 15.9 Å². The van der Waals surface area contributed by atoms with Crippen molar-refractivity contribution < 1.29 is 9.50 Å². The van der Waals surface area contributed by atoms with E-state index in [-0.39, 0.29) is 12.5 Å². The molecule has 1 aromatic rings. The molecule has 0 saturated heterocycles. The molecule has 1 rings (SSSR count). The SMILES string of the molecule is CN(CO)Cc1cc(Br)ccc1F. The fraction of sp³-hybridized carbons (Fsp3) is 0.333. The molecule has 0 heterocycles. The summed E-state index contributed by atoms with van der Waals surface area (Å²) in [7, 11) is 1.72. The van der Waals surface area contributed by atoms with E-state index in [9.17, 15) is 4.39 Å². The van der Waals surface area contributed by atoms with E-state index in [0.29, 0.717) is 12.1 Å². The second kappa shape index (κ2) is 4.69. The Hall–Kier alpha value is -0.450. The molecular formula is C9H11BrFNO. The standard InChI is InChI=1S/C9H11BrFNO/c1-12(6-13)5-7-4-8(10)2-3-9(7)11/h2-4,13H,5-6H2,1H3. The predicted octanol–water partition coefficient (Wildman–Crippen LogP) is 1.97. The molecule has 0 saturated carbocycles. The Kier molecular flexibility index (Phi) is 3.84. The van der Waals surface area contributed by atoms with Gasteiger partial charge in [0.1, 0.15) is 5.82 Å². The van der Waals surface area contributed by atoms with Gasteiger partial charge in [-0.25, -0.2) is 4.39 Å². The Morgan fingerprint density at radius 2 is 2.23 bits per heavy atom. The van der Waals surface area contributed by atoms with Gasteiger partial charge in [0.05, 0.1) is 6.73 Å². The number of halogens is 2. The highest BCUT2D eigenvalue weighted by molar-refractivity contribution is 9.10. The summed E-state index contributed by atoms with van der Waals surface area (Å²) in [6.07, 6.45) is 0. The fourth-order valence-electron chi connectivity index (χ4n) is 1.01. The molecule has 72 valence electrons. The topological polar surface area (TPSA) is 23.5 Å². The highest BCUT2D eigenvalue weighted by Gasteiger charge is 2.04. The average Bonchev–Trinajstić information content (AvgIpc) is 2.11. The van der Waals surface area contributed by atoms with E-state index in [4.69, 9.17) is 5.11 Å². The van der Waals surface area contributed by atoms with E-state index in [2.05, 4.69) is 15.9 Å². The van der Waals surface area contributed by atoms with Gasteiger partial charge in [-0.1, -0.05) is 15.9 Å². The third kappa shape index (κ3) is 3.06. The Morgan fingerprint density at radius 3 is 2.85 bits per heavy atom. The molecule has 0 radical (unpaired) electrons. The predicted molar refractivity (Wildman–Crippen MR) is 52.7 cm³/mol. The number of benzene rings is 1. The van der Waals surface area contributed by atoms with Crippen LogP contribution in [-0.2, 0) is 6.54 Å². The van der Waals surface area contributed by atoms with Gasteiger partial charge in [-0.3, -0.25) is 4.90 Å². The zero-order chi connectivity index (χ0) is 9.84. The quantitative estimate of drug-likeness (QED) is 0.826. The molecule has 1 aromatic carbocycles. The van der Waals surface area contributed by atoms with Crippen LogP contribution in [0, 0.1) is 5.82 Å². The zero-order valence-electron chi connectivity index (χ0n) is 7.30. The van der Waals surface area contributed by atoms with E-state index >= 15 is 0 Å². The number of aliphatic hydroxyl groups is 1. The molecule has 0 aliphatic carbocycles. The summed E-state index contributed by atoms with van der Waals surface area (Å²) in [4.78, 5) is 1.62. The lowest BCUT2D eigenvalue weighted by atomic mass is 10.2. The minimum absolute atomic E-state index is 0.0774. The van der Waals surface area contributed by atoms with Crippen molar-refractivity contribution in [2.75, 3.05) is 13.8 Å². The molecule has 1 N–H and O–H groups in total. The van der Waals surface area contributed by atoms with E-state index in [1.54, 1.807) is 24.1 Å². The van der Waals surface area contributed by atoms with Crippen molar-refractivity contribution in [2.24, 2.45) is 0 Å². The Morgan fingerprint density at radius 1 is 1.54 bits per heavy atom. The van der Waals surface area contributed by atoms with Gasteiger partial charge in [-0.2, -0.15) is 0 Å². The van der Waals surface area contributed by atoms with Gasteiger partial charge in [0.2, 0.25) is 0 Å². The highest BCUT2D eigenvalue weighted by Crippen LogP contribution is 2.16. The monoisotopic (exact) mass is 247 g/mol. The number of rotatable bonds is 3. The molecule has 2 nitrogen and oxygen atoms in total. The minimum atomic E-state index is -0.247. The molecule has 0 bridgehead atoms. The number of hydrogen-bond donors (Lipinski definition) is 1. The molecule has 0 aliphatic rings. The Labute approximate surface area is 85.1 Å². The maximum atomic E-state index is 13.1. The van der Waals surface area contributed by atoms with Crippen LogP contribution in [0.5, 0.6) is 0 Å². The molecule has 0 spiro atoms. The smallest absolute Gasteiger partial charge is 0.127 e. The van der Waals surface area contributed by atoms with Crippen molar-refractivity contribution in [2.45, 2.75) is 6.54 Å². The summed E-state index contributed by atoms with van der Waals surface area (Å²) in [5.74, 6) is -0.247. The summed E-state index contributed by atoms with van der Waals surface area (Å²) in [6, 6.07) is 4.77. The van der Waals surface area contributed by atoms with Gasteiger partial charge in [-0.05, 0) is 25.2 Å². The molecule has 0 aromatic heterocycles. The maximum Gasteiger partial charge on any atom is 0.127 e. The molecule has 0 unspecified atom stereocenters. The molecule has 13 heavy (non-hydrogen) atoms. The zero-order valence-corrected chi connectivity index (χ0v) is 8.88. The van der Waals surface area contributed by atoms with Gasteiger partial charge < -0.3 is 5.11 Å². The molecule has 0 fully saturated rings. The first-order valence-electron chi connectivity index (χ1n) is 3.87. The van der Waals surface area contributed by atoms with Crippen LogP contribution < -0.4 is 0 Å². The second-order valence-corrected chi connectivity index (χ2v) is 3.81. The first kappa shape index (κ1) is 10.6. The lowest BCUT2D eigenvalue weighted by molar-refractivity contribution is 0.126. The first-order valence-corrected chi connectivity index (χ1v) is 4.66. The molecule has 4 heteroatoms. The largest absolute Gasteiger partial charge is 0.381 e. The van der Waals surface area contributed by atoms with Gasteiger partial charge in [-0.15, -0.1) is 0 Å². The normalized spacial score (nSPS) is 10.8. The fourth-order valence-corrected chi connectivity index (χ4v) is 1.41. The molecule has 0 amide bonds. The maximum absolute atomic E-state index is 13.1. The van der Waals surface area contributed by atoms with Gasteiger partial charge in [0, 0.05) is 16.6 Å². The average molecular weight is 248 g/mol. The van der Waals surface area contributed by atoms with Gasteiger partial charge in [0.15, 0.2) is 0 Å². The van der Waals surface area contributed by atoms with Crippen molar-refractivity contribution in [3.63, 3.8) is 0 Å². The van der Waals surface area contributed by atoms with Gasteiger partial charge >= 0.3 is 0 Å². The lowest BCUT2D eigenvalue weighted by Crippen LogP contribution is -2.19. The van der Waals surface area contributed by atoms with Crippen LogP contribution in [0.15, 0.2) is 22.7 Å². The number of nitrogens with zero attached hydrogens (tertiary/aromatic N) is 1. The van der Waals surface area contributed by atoms with Crippen molar-refractivity contribution >= 4 is 15.9 Å². The minimum Gasteiger partial charge on any atom is -0.381 e. The molecule has 0 aliphatic heterocycles. The number of aliphatic hydroxyl groups excluding tert-OH is 1. The lowest BCUT2D eigenvalue weighted by Gasteiger charge is -2.13. The Balaban J connectivity index is 2.81. The number of hydrogen-bond acceptors (Lipinski definition) is 2. The van der Waals surface area contributed by atoms with Crippen LogP contribution in [0.25, 0.3) is 0 Å². The second-order valence-electron chi connectivity index (χ2n) is 2.89. The third-order valence-corrected chi connectivity index (χ3v) is 2.18. The van der Waals surface area contributed by atoms with E-state index in [1.165, 1.54) is 6.07 Å². The van der Waals surface area contributed by atoms with Crippen LogP contribution in [0.3, 0.4) is 0 Å². The third-order valence-electron chi connectivity index (χ3n) is 1.69. The first-order chi connectivity index (χ1) is 6.13. The van der Waals surface area contributed by atoms with Crippen LogP contribution in [0.4, 0.5) is 4.39 Å². The van der Waals surface area contributed by atoms with E-state index in [1.807, 2.05) is 0 Å². The van der Waals surface area contributed by atoms with Crippen molar-refractivity contribution in [1.29, 1.82) is 0 Å². The van der Waals surface area contributed by atoms with Gasteiger partial charge in [0.25, 0.3) is 0 Å². The summed E-state index contributed by atoms with van der Waals surface area (Å²) in [6.45, 7) is 0.327.